The first-order chi connectivity index (χ1) is 14.4. The SMILES string of the molecule is C=CC(=O)NCCC[NH2+]C(C=O)(C=O)CCC(C=O)(C=O)NCCC[NH2+]C(=O)C=C. The zero-order valence-electron chi connectivity index (χ0n) is 17.1. The normalized spacial score (nSPS) is 11.2. The average Bonchev–Trinajstić information content (AvgIpc) is 2.79. The van der Waals surface area contributed by atoms with Crippen LogP contribution in [0.2, 0.25) is 0 Å². The molecule has 10 nitrogen and oxygen atoms in total. The minimum Gasteiger partial charge on any atom is -0.352 e. The molecule has 0 unspecified atom stereocenters. The second-order valence-corrected chi connectivity index (χ2v) is 6.85. The second kappa shape index (κ2) is 15.1. The molecule has 0 atom stereocenters. The van der Waals surface area contributed by atoms with Crippen LogP contribution in [0.5, 0.6) is 0 Å². The number of hydrogen-bond acceptors (Lipinski definition) is 7. The molecule has 6 N–H and O–H groups in total. The van der Waals surface area contributed by atoms with Crippen molar-refractivity contribution >= 4 is 37.0 Å². The van der Waals surface area contributed by atoms with E-state index in [2.05, 4.69) is 23.8 Å². The van der Waals surface area contributed by atoms with E-state index in [0.717, 1.165) is 6.08 Å². The fraction of sp³-hybridized carbons (Fsp3) is 0.500. The molecule has 0 aliphatic rings. The number of nitrogens with one attached hydrogen (secondary N) is 2. The van der Waals surface area contributed by atoms with Gasteiger partial charge in [0.05, 0.1) is 13.1 Å². The maximum absolute atomic E-state index is 11.6. The Morgan fingerprint density at radius 1 is 0.833 bits per heavy atom. The van der Waals surface area contributed by atoms with E-state index in [1.807, 2.05) is 0 Å². The highest BCUT2D eigenvalue weighted by Gasteiger charge is 2.38. The van der Waals surface area contributed by atoms with Crippen molar-refractivity contribution in [2.75, 3.05) is 26.2 Å². The monoisotopic (exact) mass is 424 g/mol. The van der Waals surface area contributed by atoms with Crippen molar-refractivity contribution in [1.82, 2.24) is 10.6 Å². The van der Waals surface area contributed by atoms with Crippen molar-refractivity contribution in [2.45, 2.75) is 36.8 Å². The van der Waals surface area contributed by atoms with Crippen molar-refractivity contribution in [3.05, 3.63) is 25.3 Å². The lowest BCUT2D eigenvalue weighted by atomic mass is 9.87. The molecule has 0 saturated heterocycles. The number of aldehydes is 4. The highest BCUT2D eigenvalue weighted by Crippen LogP contribution is 2.13. The predicted molar refractivity (Wildman–Crippen MR) is 108 cm³/mol. The molecule has 30 heavy (non-hydrogen) atoms. The van der Waals surface area contributed by atoms with Crippen molar-refractivity contribution in [3.8, 4) is 0 Å². The van der Waals surface area contributed by atoms with E-state index >= 15 is 0 Å². The maximum Gasteiger partial charge on any atom is 0.334 e. The zero-order valence-corrected chi connectivity index (χ0v) is 17.1. The van der Waals surface area contributed by atoms with Gasteiger partial charge in [0.2, 0.25) is 11.4 Å². The molecule has 0 aromatic carbocycles. The van der Waals surface area contributed by atoms with Gasteiger partial charge in [-0.1, -0.05) is 13.2 Å². The van der Waals surface area contributed by atoms with Gasteiger partial charge in [0.15, 0.2) is 12.6 Å². The van der Waals surface area contributed by atoms with E-state index < -0.39 is 11.1 Å². The fourth-order valence-corrected chi connectivity index (χ4v) is 2.59. The number of amides is 2. The van der Waals surface area contributed by atoms with Gasteiger partial charge in [-0.15, -0.1) is 0 Å². The Bertz CT molecular complexity index is 565. The summed E-state index contributed by atoms with van der Waals surface area (Å²) in [6.45, 7) is 8.18. The van der Waals surface area contributed by atoms with Crippen molar-refractivity contribution in [2.24, 2.45) is 0 Å². The van der Waals surface area contributed by atoms with Gasteiger partial charge in [-0.25, -0.2) is 4.79 Å². The number of rotatable bonds is 19. The Labute approximate surface area is 175 Å². The number of hydrogen-bond donors (Lipinski definition) is 4. The molecular formula is C20H32N4O6+2. The Hall–Kier alpha value is -2.82. The van der Waals surface area contributed by atoms with Gasteiger partial charge in [0.25, 0.3) is 0 Å². The summed E-state index contributed by atoms with van der Waals surface area (Å²) in [4.78, 5) is 68.5. The van der Waals surface area contributed by atoms with E-state index in [1.54, 1.807) is 0 Å². The van der Waals surface area contributed by atoms with E-state index in [-0.39, 0.29) is 24.7 Å². The van der Waals surface area contributed by atoms with Crippen LogP contribution in [0.15, 0.2) is 25.3 Å². The van der Waals surface area contributed by atoms with Crippen LogP contribution >= 0.6 is 0 Å². The third kappa shape index (κ3) is 10.1. The summed E-state index contributed by atoms with van der Waals surface area (Å²) < 4.78 is 0. The summed E-state index contributed by atoms with van der Waals surface area (Å²) in [6, 6.07) is 0. The van der Waals surface area contributed by atoms with Crippen LogP contribution in [-0.4, -0.2) is 74.2 Å². The van der Waals surface area contributed by atoms with Gasteiger partial charge < -0.3 is 20.2 Å². The summed E-state index contributed by atoms with van der Waals surface area (Å²) in [5.41, 5.74) is -2.95. The van der Waals surface area contributed by atoms with Crippen LogP contribution in [0.1, 0.15) is 25.7 Å². The van der Waals surface area contributed by atoms with Gasteiger partial charge in [-0.05, 0) is 12.5 Å². The highest BCUT2D eigenvalue weighted by molar-refractivity contribution is 5.90. The quantitative estimate of drug-likeness (QED) is 0.0726. The first-order valence-corrected chi connectivity index (χ1v) is 9.71. The van der Waals surface area contributed by atoms with Crippen molar-refractivity contribution in [1.29, 1.82) is 0 Å². The highest BCUT2D eigenvalue weighted by atomic mass is 16.2. The molecule has 0 radical (unpaired) electrons. The minimum atomic E-state index is -1.52. The Kier molecular flexibility index (Phi) is 13.7. The van der Waals surface area contributed by atoms with Crippen LogP contribution in [0.4, 0.5) is 0 Å². The molecular weight excluding hydrogens is 392 g/mol. The molecule has 0 aromatic rings. The van der Waals surface area contributed by atoms with Crippen molar-refractivity contribution in [3.63, 3.8) is 0 Å². The predicted octanol–water partition coefficient (Wildman–Crippen LogP) is -3.45. The average molecular weight is 424 g/mol. The van der Waals surface area contributed by atoms with Gasteiger partial charge in [0.1, 0.15) is 18.1 Å². The van der Waals surface area contributed by atoms with Gasteiger partial charge >= 0.3 is 5.91 Å². The molecule has 0 aromatic heterocycles. The molecule has 0 saturated carbocycles. The van der Waals surface area contributed by atoms with Crippen LogP contribution < -0.4 is 21.3 Å². The van der Waals surface area contributed by atoms with Gasteiger partial charge in [-0.2, -0.15) is 0 Å². The molecule has 10 heteroatoms. The number of nitrogens with two attached hydrogens (primary N) is 2. The maximum atomic E-state index is 11.6. The summed E-state index contributed by atoms with van der Waals surface area (Å²) >= 11 is 0. The van der Waals surface area contributed by atoms with Gasteiger partial charge in [-0.3, -0.25) is 25.0 Å². The first kappa shape index (κ1) is 27.2. The summed E-state index contributed by atoms with van der Waals surface area (Å²) in [5.74, 6) is -0.514. The Morgan fingerprint density at radius 2 is 1.47 bits per heavy atom. The van der Waals surface area contributed by atoms with E-state index in [4.69, 9.17) is 0 Å². The van der Waals surface area contributed by atoms with Crippen LogP contribution in [0.25, 0.3) is 0 Å². The summed E-state index contributed by atoms with van der Waals surface area (Å²) in [5, 5.41) is 8.42. The summed E-state index contributed by atoms with van der Waals surface area (Å²) in [6.07, 6.45) is 5.21. The molecule has 0 fully saturated rings. The van der Waals surface area contributed by atoms with Gasteiger partial charge in [0, 0.05) is 38.4 Å². The summed E-state index contributed by atoms with van der Waals surface area (Å²) in [7, 11) is 0. The molecule has 166 valence electrons. The number of primary amides is 1. The number of carbonyl (C=O) groups is 6. The second-order valence-electron chi connectivity index (χ2n) is 6.85. The van der Waals surface area contributed by atoms with Crippen LogP contribution in [0.3, 0.4) is 0 Å². The molecule has 0 bridgehead atoms. The molecule has 0 rings (SSSR count). The lowest BCUT2D eigenvalue weighted by Crippen LogP contribution is -2.98. The lowest BCUT2D eigenvalue weighted by molar-refractivity contribution is -0.696. The van der Waals surface area contributed by atoms with Crippen molar-refractivity contribution < 1.29 is 39.4 Å². The number of carbonyl (C=O) groups excluding carboxylic acids is 6. The molecule has 0 aliphatic heterocycles. The van der Waals surface area contributed by atoms with E-state index in [9.17, 15) is 28.8 Å². The largest absolute Gasteiger partial charge is 0.352 e. The molecule has 0 spiro atoms. The van der Waals surface area contributed by atoms with Crippen LogP contribution in [-0.2, 0) is 28.8 Å². The standard InChI is InChI=1S/C20H30N4O6/c1-3-17(29)21-9-5-11-23-19(13-25,14-26)7-8-20(15-27,16-28)24-12-6-10-22-18(30)4-2/h3-4,13-16,23-24H,1-2,5-12H2,(H,21,29)(H,22,30)/p+2. The van der Waals surface area contributed by atoms with Crippen LogP contribution in [0, 0.1) is 0 Å². The zero-order chi connectivity index (χ0) is 22.9. The Balaban J connectivity index is 4.69. The minimum absolute atomic E-state index is 0.0232. The first-order valence-electron chi connectivity index (χ1n) is 9.71. The third-order valence-corrected chi connectivity index (χ3v) is 4.60. The fourth-order valence-electron chi connectivity index (χ4n) is 2.59. The topological polar surface area (TPSA) is 160 Å². The smallest absolute Gasteiger partial charge is 0.334 e. The molecule has 0 heterocycles. The molecule has 0 aliphatic carbocycles. The lowest BCUT2D eigenvalue weighted by Gasteiger charge is -2.27. The molecule has 2 amide bonds. The third-order valence-electron chi connectivity index (χ3n) is 4.60. The Morgan fingerprint density at radius 3 is 2.00 bits per heavy atom. The van der Waals surface area contributed by atoms with E-state index in [1.165, 1.54) is 16.7 Å². The van der Waals surface area contributed by atoms with E-state index in [0.29, 0.717) is 64.2 Å². The number of quaternary nitrogens is 2.